The Balaban J connectivity index is -0.0000000457. The van der Waals surface area contributed by atoms with Crippen LogP contribution in [0.5, 0.6) is 0 Å². The first-order chi connectivity index (χ1) is 4.00. The zero-order chi connectivity index (χ0) is 9.00. The van der Waals surface area contributed by atoms with E-state index in [0.29, 0.717) is 0 Å². The zero-order valence-corrected chi connectivity index (χ0v) is 9.38. The molecule has 0 unspecified atom stereocenters. The molecule has 0 saturated heterocycles. The summed E-state index contributed by atoms with van der Waals surface area (Å²) in [4.78, 5) is 0. The molecular formula is Co2Cr2O8. The van der Waals surface area contributed by atoms with E-state index in [0.717, 1.165) is 0 Å². The average Bonchev–Trinajstić information content (AvgIpc) is 1.12. The summed E-state index contributed by atoms with van der Waals surface area (Å²) in [6, 6.07) is 0. The summed E-state index contributed by atoms with van der Waals surface area (Å²) >= 11 is -11.5. The molecule has 8 nitrogen and oxygen atoms in total. The van der Waals surface area contributed by atoms with Gasteiger partial charge in [0.2, 0.25) is 0 Å². The molecule has 0 amide bonds. The molecule has 12 heteroatoms. The summed E-state index contributed by atoms with van der Waals surface area (Å²) in [5.74, 6) is 0. The second kappa shape index (κ2) is 8.70. The van der Waals surface area contributed by atoms with Crippen LogP contribution in [0.2, 0.25) is 0 Å². The summed E-state index contributed by atoms with van der Waals surface area (Å²) in [5.41, 5.74) is 0. The average molecular weight is 350 g/mol. The van der Waals surface area contributed by atoms with Crippen LogP contribution in [-0.4, -0.2) is 0 Å². The second-order valence-corrected chi connectivity index (χ2v) is 3.37. The minimum atomic E-state index is -5.75. The fourth-order valence-electron chi connectivity index (χ4n) is 0. The van der Waals surface area contributed by atoms with Gasteiger partial charge in [0.1, 0.15) is 0 Å². The van der Waals surface area contributed by atoms with Gasteiger partial charge in [-0.2, -0.15) is 0 Å². The van der Waals surface area contributed by atoms with Gasteiger partial charge in [-0.15, -0.1) is 0 Å². The molecule has 0 atom stereocenters. The van der Waals surface area contributed by atoms with Crippen LogP contribution >= 0.6 is 0 Å². The van der Waals surface area contributed by atoms with Crippen LogP contribution in [0.25, 0.3) is 0 Å². The molecule has 0 rings (SSSR count). The van der Waals surface area contributed by atoms with Gasteiger partial charge >= 0.3 is 92.6 Å². The normalized spacial score (nSPS) is 9.67. The molecule has 0 fully saturated rings. The molecule has 0 aliphatic carbocycles. The number of hydrogen-bond donors (Lipinski definition) is 0. The van der Waals surface area contributed by atoms with Crippen molar-refractivity contribution in [2.45, 2.75) is 0 Å². The van der Waals surface area contributed by atoms with Gasteiger partial charge in [-0.25, -0.2) is 0 Å². The van der Waals surface area contributed by atoms with Crippen molar-refractivity contribution in [3.63, 3.8) is 0 Å². The van der Waals surface area contributed by atoms with E-state index in [-0.39, 0.29) is 33.6 Å². The number of hydrogen-bond acceptors (Lipinski definition) is 8. The molecule has 0 aromatic rings. The third-order valence-electron chi connectivity index (χ3n) is 0. The first-order valence-corrected chi connectivity index (χ1v) is 5.50. The molecule has 0 N–H and O–H groups in total. The Labute approximate surface area is 92.1 Å². The van der Waals surface area contributed by atoms with Gasteiger partial charge in [0.05, 0.1) is 0 Å². The zero-order valence-electron chi connectivity index (χ0n) is 4.75. The van der Waals surface area contributed by atoms with E-state index >= 15 is 0 Å². The van der Waals surface area contributed by atoms with Crippen molar-refractivity contribution in [3.8, 4) is 0 Å². The van der Waals surface area contributed by atoms with E-state index in [9.17, 15) is 0 Å². The van der Waals surface area contributed by atoms with Crippen LogP contribution in [0.3, 0.4) is 0 Å². The van der Waals surface area contributed by atoms with Crippen molar-refractivity contribution in [2.75, 3.05) is 0 Å². The summed E-state index contributed by atoms with van der Waals surface area (Å²) in [6.45, 7) is 0. The van der Waals surface area contributed by atoms with E-state index in [1.165, 1.54) is 0 Å². The van der Waals surface area contributed by atoms with Crippen molar-refractivity contribution < 1.29 is 92.6 Å². The molecule has 0 aliphatic rings. The van der Waals surface area contributed by atoms with Gasteiger partial charge in [-0.05, 0) is 0 Å². The van der Waals surface area contributed by atoms with Gasteiger partial charge in [0, 0.05) is 0 Å². The SMILES string of the molecule is [Co+2].[Co+2].[O]=[Cr](=[O])([O-])[O-].[O]=[Cr](=[O])([O-])[O-]. The van der Waals surface area contributed by atoms with Crippen LogP contribution in [0, 0.1) is 0 Å². The van der Waals surface area contributed by atoms with Crippen LogP contribution in [0.15, 0.2) is 0 Å². The Hall–Kier alpha value is 1.12. The van der Waals surface area contributed by atoms with Crippen LogP contribution in [0.1, 0.15) is 0 Å². The monoisotopic (exact) mass is 350 g/mol. The fraction of sp³-hybridized carbons (Fsp3) is 0. The second-order valence-electron chi connectivity index (χ2n) is 0.816. The summed E-state index contributed by atoms with van der Waals surface area (Å²) in [7, 11) is 0. The van der Waals surface area contributed by atoms with Gasteiger partial charge in [-0.3, -0.25) is 0 Å². The Morgan fingerprint density at radius 1 is 0.583 bits per heavy atom. The van der Waals surface area contributed by atoms with E-state index in [1.807, 2.05) is 0 Å². The molecule has 0 bridgehead atoms. The summed E-state index contributed by atoms with van der Waals surface area (Å²) < 4.78 is 68.8. The molecule has 0 aromatic heterocycles. The molecule has 0 saturated carbocycles. The van der Waals surface area contributed by atoms with Crippen molar-refractivity contribution in [2.24, 2.45) is 0 Å². The van der Waals surface area contributed by atoms with Crippen LogP contribution in [0.4, 0.5) is 0 Å². The molecule has 0 aromatic carbocycles. The van der Waals surface area contributed by atoms with Crippen molar-refractivity contribution in [1.82, 2.24) is 0 Å². The third kappa shape index (κ3) is 911. The molecule has 0 aliphatic heterocycles. The molecule has 78 valence electrons. The maximum absolute atomic E-state index is 8.59. The van der Waals surface area contributed by atoms with Crippen LogP contribution < -0.4 is 16.6 Å². The third-order valence-corrected chi connectivity index (χ3v) is 0. The topological polar surface area (TPSA) is 161 Å². The van der Waals surface area contributed by atoms with E-state index in [2.05, 4.69) is 0 Å². The van der Waals surface area contributed by atoms with Crippen molar-refractivity contribution in [1.29, 1.82) is 0 Å². The first-order valence-electron chi connectivity index (χ1n) is 1.33. The molecule has 2 radical (unpaired) electrons. The van der Waals surface area contributed by atoms with Crippen molar-refractivity contribution in [3.05, 3.63) is 0 Å². The molecule has 12 heavy (non-hydrogen) atoms. The summed E-state index contributed by atoms with van der Waals surface area (Å²) in [6.07, 6.45) is 0. The van der Waals surface area contributed by atoms with Crippen LogP contribution in [-0.2, 0) is 76.0 Å². The standard InChI is InChI=1S/2Co.2Cr.8O/q2*+2;;;;;;;4*-1. The molecule has 0 heterocycles. The Morgan fingerprint density at radius 2 is 0.583 bits per heavy atom. The van der Waals surface area contributed by atoms with E-state index < -0.39 is 27.2 Å². The van der Waals surface area contributed by atoms with Gasteiger partial charge in [-0.1, -0.05) is 0 Å². The van der Waals surface area contributed by atoms with Gasteiger partial charge in [0.15, 0.2) is 0 Å². The van der Waals surface area contributed by atoms with Gasteiger partial charge in [0.25, 0.3) is 0 Å². The maximum atomic E-state index is 8.59. The Morgan fingerprint density at radius 3 is 0.583 bits per heavy atom. The van der Waals surface area contributed by atoms with Gasteiger partial charge < -0.3 is 0 Å². The molecule has 0 spiro atoms. The minimum absolute atomic E-state index is 0. The fourth-order valence-corrected chi connectivity index (χ4v) is 0. The Bertz CT molecular complexity index is 211. The van der Waals surface area contributed by atoms with E-state index in [1.54, 1.807) is 0 Å². The first kappa shape index (κ1) is 23.2. The summed E-state index contributed by atoms with van der Waals surface area (Å²) in [5, 5.41) is 0. The predicted molar refractivity (Wildman–Crippen MR) is 2.75 cm³/mol. The van der Waals surface area contributed by atoms with Crippen molar-refractivity contribution >= 4 is 0 Å². The molecular weight excluding hydrogens is 350 g/mol. The quantitative estimate of drug-likeness (QED) is 0.419. The Kier molecular flexibility index (Phi) is 16.8. The predicted octanol–water partition coefficient (Wildman–Crippen LogP) is -5.24. The van der Waals surface area contributed by atoms with E-state index in [4.69, 9.17) is 31.8 Å². The number of rotatable bonds is 0.